The molecule has 1 aliphatic heterocycles. The standard InChI is InChI=1S/C20H23FN2O3/c21-19-18(2-1-8-22-19)26-17-10-15-12-23(13-20(15,25)11-17)9-7-14-3-5-16(24)6-4-14/h1-6,8,15,17,24-25H,7,9-13H2/t15-,17+,20-/m0/s1. The molecule has 0 spiro atoms. The third-order valence-corrected chi connectivity index (χ3v) is 5.54. The summed E-state index contributed by atoms with van der Waals surface area (Å²) in [7, 11) is 0. The van der Waals surface area contributed by atoms with Crippen molar-refractivity contribution in [3.8, 4) is 11.5 Å². The summed E-state index contributed by atoms with van der Waals surface area (Å²) in [5.74, 6) is -0.0285. The van der Waals surface area contributed by atoms with Crippen LogP contribution in [0.4, 0.5) is 4.39 Å². The van der Waals surface area contributed by atoms with Crippen LogP contribution in [0.25, 0.3) is 0 Å². The van der Waals surface area contributed by atoms with Crippen LogP contribution in [0.1, 0.15) is 18.4 Å². The van der Waals surface area contributed by atoms with Gasteiger partial charge in [0.2, 0.25) is 0 Å². The number of phenols is 1. The second-order valence-electron chi connectivity index (χ2n) is 7.42. The van der Waals surface area contributed by atoms with Gasteiger partial charge in [-0.15, -0.1) is 0 Å². The Morgan fingerprint density at radius 2 is 2.08 bits per heavy atom. The number of phenolic OH excluding ortho intramolecular Hbond substituents is 1. The van der Waals surface area contributed by atoms with Crippen LogP contribution in [-0.4, -0.2) is 51.4 Å². The number of aliphatic hydroxyl groups is 1. The van der Waals surface area contributed by atoms with Crippen LogP contribution in [-0.2, 0) is 6.42 Å². The molecule has 5 nitrogen and oxygen atoms in total. The molecule has 1 aromatic heterocycles. The van der Waals surface area contributed by atoms with Crippen molar-refractivity contribution in [2.24, 2.45) is 5.92 Å². The van der Waals surface area contributed by atoms with Crippen LogP contribution in [0.3, 0.4) is 0 Å². The Morgan fingerprint density at radius 1 is 1.27 bits per heavy atom. The second-order valence-corrected chi connectivity index (χ2v) is 7.42. The molecule has 2 aliphatic rings. The number of β-amino-alcohol motifs (C(OH)–C–C–N with tert-alkyl or cyclic N) is 1. The minimum absolute atomic E-state index is 0.145. The third kappa shape index (κ3) is 3.52. The highest BCUT2D eigenvalue weighted by Crippen LogP contribution is 2.43. The molecule has 138 valence electrons. The van der Waals surface area contributed by atoms with E-state index in [1.165, 1.54) is 11.8 Å². The normalized spacial score (nSPS) is 28.2. The maximum Gasteiger partial charge on any atom is 0.255 e. The quantitative estimate of drug-likeness (QED) is 0.804. The molecule has 1 aliphatic carbocycles. The minimum Gasteiger partial charge on any atom is -0.508 e. The van der Waals surface area contributed by atoms with Gasteiger partial charge in [0, 0.05) is 38.2 Å². The van der Waals surface area contributed by atoms with E-state index in [4.69, 9.17) is 4.74 Å². The summed E-state index contributed by atoms with van der Waals surface area (Å²) in [6.07, 6.45) is 3.33. The number of halogens is 1. The summed E-state index contributed by atoms with van der Waals surface area (Å²) in [5.41, 5.74) is 0.401. The summed E-state index contributed by atoms with van der Waals surface area (Å²) < 4.78 is 19.4. The van der Waals surface area contributed by atoms with E-state index in [1.54, 1.807) is 24.3 Å². The van der Waals surface area contributed by atoms with Gasteiger partial charge in [-0.3, -0.25) is 4.90 Å². The Hall–Kier alpha value is -2.18. The van der Waals surface area contributed by atoms with Gasteiger partial charge in [-0.25, -0.2) is 4.98 Å². The molecular weight excluding hydrogens is 335 g/mol. The number of benzene rings is 1. The van der Waals surface area contributed by atoms with E-state index in [0.717, 1.165) is 25.9 Å². The molecule has 4 rings (SSSR count). The van der Waals surface area contributed by atoms with Gasteiger partial charge in [-0.1, -0.05) is 12.1 Å². The fourth-order valence-electron chi connectivity index (χ4n) is 4.23. The molecular formula is C20H23FN2O3. The van der Waals surface area contributed by atoms with E-state index in [2.05, 4.69) is 9.88 Å². The predicted octanol–water partition coefficient (Wildman–Crippen LogP) is 2.37. The Morgan fingerprint density at radius 3 is 2.81 bits per heavy atom. The van der Waals surface area contributed by atoms with Gasteiger partial charge in [-0.2, -0.15) is 4.39 Å². The molecule has 1 saturated carbocycles. The number of hydrogen-bond acceptors (Lipinski definition) is 5. The molecule has 6 heteroatoms. The van der Waals surface area contributed by atoms with Crippen LogP contribution in [0.2, 0.25) is 0 Å². The summed E-state index contributed by atoms with van der Waals surface area (Å²) in [4.78, 5) is 5.88. The molecule has 0 radical (unpaired) electrons. The lowest BCUT2D eigenvalue weighted by molar-refractivity contribution is 0.0217. The first-order chi connectivity index (χ1) is 12.5. The Bertz CT molecular complexity index is 770. The number of fused-ring (bicyclic) bond motifs is 1. The number of pyridine rings is 1. The van der Waals surface area contributed by atoms with E-state index in [9.17, 15) is 14.6 Å². The van der Waals surface area contributed by atoms with E-state index in [1.807, 2.05) is 12.1 Å². The lowest BCUT2D eigenvalue weighted by Gasteiger charge is -2.23. The summed E-state index contributed by atoms with van der Waals surface area (Å²) >= 11 is 0. The van der Waals surface area contributed by atoms with Crippen molar-refractivity contribution in [3.05, 3.63) is 54.1 Å². The maximum atomic E-state index is 13.7. The number of hydrogen-bond donors (Lipinski definition) is 2. The average molecular weight is 358 g/mol. The summed E-state index contributed by atoms with van der Waals surface area (Å²) in [6, 6.07) is 10.5. The zero-order valence-corrected chi connectivity index (χ0v) is 14.5. The SMILES string of the molecule is Oc1ccc(CCN2C[C@@H]3C[C@@H](Oc4cccnc4F)C[C@]3(O)C2)cc1. The molecule has 0 unspecified atom stereocenters. The van der Waals surface area contributed by atoms with Crippen LogP contribution >= 0.6 is 0 Å². The molecule has 2 N–H and O–H groups in total. The van der Waals surface area contributed by atoms with E-state index >= 15 is 0 Å². The molecule has 1 saturated heterocycles. The van der Waals surface area contributed by atoms with Gasteiger partial charge < -0.3 is 14.9 Å². The zero-order chi connectivity index (χ0) is 18.1. The minimum atomic E-state index is -0.766. The van der Waals surface area contributed by atoms with Gasteiger partial charge in [-0.05, 0) is 42.7 Å². The van der Waals surface area contributed by atoms with Crippen molar-refractivity contribution < 1.29 is 19.3 Å². The van der Waals surface area contributed by atoms with Gasteiger partial charge in [0.25, 0.3) is 5.95 Å². The Labute approximate surface area is 152 Å². The first-order valence-corrected chi connectivity index (χ1v) is 9.02. The van der Waals surface area contributed by atoms with Crippen LogP contribution < -0.4 is 4.74 Å². The van der Waals surface area contributed by atoms with E-state index < -0.39 is 11.5 Å². The Balaban J connectivity index is 1.31. The van der Waals surface area contributed by atoms with Crippen molar-refractivity contribution in [1.82, 2.24) is 9.88 Å². The number of nitrogens with zero attached hydrogens (tertiary/aromatic N) is 2. The van der Waals surface area contributed by atoms with Crippen molar-refractivity contribution >= 4 is 0 Å². The summed E-state index contributed by atoms with van der Waals surface area (Å²) in [6.45, 7) is 2.31. The van der Waals surface area contributed by atoms with Crippen LogP contribution in [0.15, 0.2) is 42.6 Å². The molecule has 2 aromatic rings. The number of aromatic nitrogens is 1. The van der Waals surface area contributed by atoms with Crippen LogP contribution in [0.5, 0.6) is 11.5 Å². The lowest BCUT2D eigenvalue weighted by atomic mass is 9.95. The second kappa shape index (κ2) is 6.85. The Kier molecular flexibility index (Phi) is 4.54. The molecule has 0 amide bonds. The average Bonchev–Trinajstić information content (AvgIpc) is 3.07. The van der Waals surface area contributed by atoms with Crippen molar-refractivity contribution in [2.45, 2.75) is 31.0 Å². The molecule has 26 heavy (non-hydrogen) atoms. The fourth-order valence-corrected chi connectivity index (χ4v) is 4.23. The van der Waals surface area contributed by atoms with Gasteiger partial charge in [0.15, 0.2) is 5.75 Å². The first-order valence-electron chi connectivity index (χ1n) is 9.02. The smallest absolute Gasteiger partial charge is 0.255 e. The highest BCUT2D eigenvalue weighted by molar-refractivity contribution is 5.26. The maximum absolute atomic E-state index is 13.7. The first kappa shape index (κ1) is 17.2. The van der Waals surface area contributed by atoms with Crippen molar-refractivity contribution in [1.29, 1.82) is 0 Å². The zero-order valence-electron chi connectivity index (χ0n) is 14.5. The van der Waals surface area contributed by atoms with Crippen molar-refractivity contribution in [3.63, 3.8) is 0 Å². The highest BCUT2D eigenvalue weighted by atomic mass is 19.1. The molecule has 2 heterocycles. The van der Waals surface area contributed by atoms with Crippen molar-refractivity contribution in [2.75, 3.05) is 19.6 Å². The number of ether oxygens (including phenoxy) is 1. The fraction of sp³-hybridized carbons (Fsp3) is 0.450. The molecule has 0 bridgehead atoms. The number of rotatable bonds is 5. The lowest BCUT2D eigenvalue weighted by Crippen LogP contribution is -2.36. The molecule has 3 atom stereocenters. The molecule has 2 fully saturated rings. The number of likely N-dealkylation sites (tertiary alicyclic amines) is 1. The van der Waals surface area contributed by atoms with Gasteiger partial charge >= 0.3 is 0 Å². The van der Waals surface area contributed by atoms with Crippen LogP contribution in [0, 0.1) is 11.9 Å². The topological polar surface area (TPSA) is 65.8 Å². The van der Waals surface area contributed by atoms with Gasteiger partial charge in [0.1, 0.15) is 11.9 Å². The van der Waals surface area contributed by atoms with E-state index in [-0.39, 0.29) is 23.5 Å². The van der Waals surface area contributed by atoms with Gasteiger partial charge in [0.05, 0.1) is 5.60 Å². The molecule has 1 aromatic carbocycles. The summed E-state index contributed by atoms with van der Waals surface area (Å²) in [5, 5.41) is 20.3. The number of aromatic hydroxyl groups is 1. The monoisotopic (exact) mass is 358 g/mol. The predicted molar refractivity (Wildman–Crippen MR) is 94.5 cm³/mol. The largest absolute Gasteiger partial charge is 0.508 e. The third-order valence-electron chi connectivity index (χ3n) is 5.54. The highest BCUT2D eigenvalue weighted by Gasteiger charge is 2.52. The van der Waals surface area contributed by atoms with E-state index in [0.29, 0.717) is 13.0 Å².